The Balaban J connectivity index is 1.81. The molecule has 0 atom stereocenters. The summed E-state index contributed by atoms with van der Waals surface area (Å²) in [4.78, 5) is 12.1. The number of rotatable bonds is 3. The van der Waals surface area contributed by atoms with Crippen LogP contribution in [0, 0.1) is 5.82 Å². The molecule has 0 saturated carbocycles. The van der Waals surface area contributed by atoms with E-state index in [1.165, 1.54) is 66.7 Å². The maximum Gasteiger partial charge on any atom is 0.417 e. The summed E-state index contributed by atoms with van der Waals surface area (Å²) in [6.45, 7) is 0. The van der Waals surface area contributed by atoms with Gasteiger partial charge in [0, 0.05) is 11.3 Å². The first-order valence-electron chi connectivity index (χ1n) is 7.68. The molecule has 0 aliphatic carbocycles. The molecule has 0 saturated heterocycles. The van der Waals surface area contributed by atoms with Crippen molar-refractivity contribution in [2.24, 2.45) is 0 Å². The summed E-state index contributed by atoms with van der Waals surface area (Å²) in [5.41, 5.74) is 0.433. The van der Waals surface area contributed by atoms with E-state index in [2.05, 4.69) is 5.32 Å². The van der Waals surface area contributed by atoms with E-state index in [-0.39, 0.29) is 11.1 Å². The lowest BCUT2D eigenvalue weighted by Crippen LogP contribution is -2.11. The number of halogens is 4. The van der Waals surface area contributed by atoms with Gasteiger partial charge in [-0.3, -0.25) is 4.79 Å². The number of alkyl halides is 3. The van der Waals surface area contributed by atoms with E-state index < -0.39 is 23.5 Å². The Bertz CT molecular complexity index is 916. The highest BCUT2D eigenvalue weighted by Crippen LogP contribution is 2.37. The molecule has 0 bridgehead atoms. The van der Waals surface area contributed by atoms with E-state index in [1.807, 2.05) is 0 Å². The Morgan fingerprint density at radius 2 is 1.42 bits per heavy atom. The summed E-state index contributed by atoms with van der Waals surface area (Å²) in [6, 6.07) is 16.4. The van der Waals surface area contributed by atoms with Crippen LogP contribution in [0.5, 0.6) is 0 Å². The minimum absolute atomic E-state index is 0.0661. The smallest absolute Gasteiger partial charge is 0.322 e. The molecular formula is C20H13F4NO. The fourth-order valence-corrected chi connectivity index (χ4v) is 2.52. The summed E-state index contributed by atoms with van der Waals surface area (Å²) >= 11 is 0. The summed E-state index contributed by atoms with van der Waals surface area (Å²) in [5, 5.41) is 2.62. The van der Waals surface area contributed by atoms with Crippen LogP contribution in [0.15, 0.2) is 72.8 Å². The topological polar surface area (TPSA) is 29.1 Å². The zero-order valence-corrected chi connectivity index (χ0v) is 13.3. The lowest BCUT2D eigenvalue weighted by Gasteiger charge is -2.13. The fourth-order valence-electron chi connectivity index (χ4n) is 2.52. The van der Waals surface area contributed by atoms with Crippen LogP contribution >= 0.6 is 0 Å². The Labute approximate surface area is 147 Å². The quantitative estimate of drug-likeness (QED) is 0.592. The second-order valence-electron chi connectivity index (χ2n) is 5.58. The van der Waals surface area contributed by atoms with E-state index in [0.717, 1.165) is 6.07 Å². The van der Waals surface area contributed by atoms with Crippen LogP contribution in [0.3, 0.4) is 0 Å². The lowest BCUT2D eigenvalue weighted by molar-refractivity contribution is -0.137. The molecule has 3 rings (SSSR count). The predicted octanol–water partition coefficient (Wildman–Crippen LogP) is 5.76. The Kier molecular flexibility index (Phi) is 4.75. The minimum Gasteiger partial charge on any atom is -0.322 e. The van der Waals surface area contributed by atoms with E-state index in [9.17, 15) is 22.4 Å². The van der Waals surface area contributed by atoms with Crippen LogP contribution in [0.2, 0.25) is 0 Å². The first-order chi connectivity index (χ1) is 12.3. The molecule has 6 heteroatoms. The molecule has 2 nitrogen and oxygen atoms in total. The van der Waals surface area contributed by atoms with Crippen molar-refractivity contribution in [3.05, 3.63) is 89.7 Å². The molecule has 0 aromatic heterocycles. The zero-order chi connectivity index (χ0) is 18.7. The van der Waals surface area contributed by atoms with Gasteiger partial charge in [0.25, 0.3) is 5.91 Å². The van der Waals surface area contributed by atoms with E-state index >= 15 is 0 Å². The van der Waals surface area contributed by atoms with Crippen molar-refractivity contribution in [2.75, 3.05) is 5.32 Å². The summed E-state index contributed by atoms with van der Waals surface area (Å²) in [7, 11) is 0. The number of anilines is 1. The third-order valence-electron chi connectivity index (χ3n) is 3.79. The van der Waals surface area contributed by atoms with E-state index in [1.54, 1.807) is 0 Å². The molecule has 0 aliphatic heterocycles. The standard InChI is InChI=1S/C20H13F4NO/c21-15-9-5-14(6-10-15)19(26)25-16-11-7-13(8-12-16)17-3-1-2-4-18(17)20(22,23)24/h1-12H,(H,25,26). The first kappa shape index (κ1) is 17.7. The molecule has 1 amide bonds. The van der Waals surface area contributed by atoms with Crippen molar-refractivity contribution in [3.8, 4) is 11.1 Å². The molecular weight excluding hydrogens is 346 g/mol. The van der Waals surface area contributed by atoms with Gasteiger partial charge in [0.05, 0.1) is 5.56 Å². The lowest BCUT2D eigenvalue weighted by atomic mass is 9.99. The van der Waals surface area contributed by atoms with E-state index in [4.69, 9.17) is 0 Å². The predicted molar refractivity (Wildman–Crippen MR) is 91.2 cm³/mol. The second-order valence-corrected chi connectivity index (χ2v) is 5.58. The van der Waals surface area contributed by atoms with Gasteiger partial charge in [0.2, 0.25) is 0 Å². The van der Waals surface area contributed by atoms with Gasteiger partial charge in [0.15, 0.2) is 0 Å². The Morgan fingerprint density at radius 3 is 2.04 bits per heavy atom. The average Bonchev–Trinajstić information content (AvgIpc) is 2.62. The molecule has 0 aliphatic rings. The third-order valence-corrected chi connectivity index (χ3v) is 3.79. The minimum atomic E-state index is -4.45. The Hall–Kier alpha value is -3.15. The van der Waals surface area contributed by atoms with Gasteiger partial charge < -0.3 is 5.32 Å². The second kappa shape index (κ2) is 7.00. The number of hydrogen-bond acceptors (Lipinski definition) is 1. The van der Waals surface area contributed by atoms with Crippen molar-refractivity contribution in [1.29, 1.82) is 0 Å². The number of amides is 1. The normalized spacial score (nSPS) is 11.2. The van der Waals surface area contributed by atoms with Crippen molar-refractivity contribution in [1.82, 2.24) is 0 Å². The number of hydrogen-bond donors (Lipinski definition) is 1. The van der Waals surface area contributed by atoms with Gasteiger partial charge >= 0.3 is 6.18 Å². The van der Waals surface area contributed by atoms with Crippen LogP contribution in [-0.2, 0) is 6.18 Å². The molecule has 132 valence electrons. The van der Waals surface area contributed by atoms with Crippen LogP contribution < -0.4 is 5.32 Å². The van der Waals surface area contributed by atoms with Crippen molar-refractivity contribution in [2.45, 2.75) is 6.18 Å². The van der Waals surface area contributed by atoms with Gasteiger partial charge in [0.1, 0.15) is 5.82 Å². The van der Waals surface area contributed by atoms with Crippen LogP contribution in [0.25, 0.3) is 11.1 Å². The number of benzene rings is 3. The highest BCUT2D eigenvalue weighted by atomic mass is 19.4. The van der Waals surface area contributed by atoms with Gasteiger partial charge in [-0.25, -0.2) is 4.39 Å². The molecule has 3 aromatic rings. The molecule has 1 N–H and O–H groups in total. The van der Waals surface area contributed by atoms with Crippen molar-refractivity contribution in [3.63, 3.8) is 0 Å². The SMILES string of the molecule is O=C(Nc1ccc(-c2ccccc2C(F)(F)F)cc1)c1ccc(F)cc1. The molecule has 0 spiro atoms. The van der Waals surface area contributed by atoms with Gasteiger partial charge in [-0.05, 0) is 53.6 Å². The molecule has 0 unspecified atom stereocenters. The van der Waals surface area contributed by atoms with Crippen LogP contribution in [-0.4, -0.2) is 5.91 Å². The first-order valence-corrected chi connectivity index (χ1v) is 7.68. The maximum atomic E-state index is 13.1. The number of carbonyl (C=O) groups is 1. The maximum absolute atomic E-state index is 13.1. The highest BCUT2D eigenvalue weighted by Gasteiger charge is 2.33. The molecule has 0 fully saturated rings. The van der Waals surface area contributed by atoms with Crippen molar-refractivity contribution >= 4 is 11.6 Å². The van der Waals surface area contributed by atoms with Crippen LogP contribution in [0.1, 0.15) is 15.9 Å². The Morgan fingerprint density at radius 1 is 0.808 bits per heavy atom. The largest absolute Gasteiger partial charge is 0.417 e. The van der Waals surface area contributed by atoms with Gasteiger partial charge in [-0.15, -0.1) is 0 Å². The van der Waals surface area contributed by atoms with Gasteiger partial charge in [-0.2, -0.15) is 13.2 Å². The van der Waals surface area contributed by atoms with Gasteiger partial charge in [-0.1, -0.05) is 30.3 Å². The number of carbonyl (C=O) groups excluding carboxylic acids is 1. The fraction of sp³-hybridized carbons (Fsp3) is 0.0500. The molecule has 26 heavy (non-hydrogen) atoms. The summed E-state index contributed by atoms with van der Waals surface area (Å²) in [5.74, 6) is -0.886. The average molecular weight is 359 g/mol. The van der Waals surface area contributed by atoms with E-state index in [0.29, 0.717) is 11.3 Å². The van der Waals surface area contributed by atoms with Crippen LogP contribution in [0.4, 0.5) is 23.2 Å². The molecule has 0 radical (unpaired) electrons. The number of nitrogens with one attached hydrogen (secondary N) is 1. The highest BCUT2D eigenvalue weighted by molar-refractivity contribution is 6.04. The summed E-state index contributed by atoms with van der Waals surface area (Å²) < 4.78 is 52.2. The molecule has 0 heterocycles. The zero-order valence-electron chi connectivity index (χ0n) is 13.3. The monoisotopic (exact) mass is 359 g/mol. The van der Waals surface area contributed by atoms with Crippen molar-refractivity contribution < 1.29 is 22.4 Å². The summed E-state index contributed by atoms with van der Waals surface area (Å²) in [6.07, 6.45) is -4.45. The third kappa shape index (κ3) is 3.91. The molecule has 3 aromatic carbocycles.